The summed E-state index contributed by atoms with van der Waals surface area (Å²) in [5.74, 6) is 0.833. The Bertz CT molecular complexity index is 278. The van der Waals surface area contributed by atoms with Crippen molar-refractivity contribution in [3.63, 3.8) is 0 Å². The Morgan fingerprint density at radius 1 is 1.05 bits per heavy atom. The van der Waals surface area contributed by atoms with E-state index < -0.39 is 0 Å². The van der Waals surface area contributed by atoms with E-state index in [0.717, 1.165) is 19.0 Å². The van der Waals surface area contributed by atoms with Crippen LogP contribution in [0, 0.1) is 11.3 Å². The van der Waals surface area contributed by atoms with Crippen LogP contribution in [0.3, 0.4) is 0 Å². The van der Waals surface area contributed by atoms with Gasteiger partial charge in [0.1, 0.15) is 0 Å². The summed E-state index contributed by atoms with van der Waals surface area (Å²) in [7, 11) is 0. The fourth-order valence-corrected chi connectivity index (χ4v) is 3.55. The van der Waals surface area contributed by atoms with E-state index in [4.69, 9.17) is 0 Å². The molecule has 0 aromatic heterocycles. The van der Waals surface area contributed by atoms with Gasteiger partial charge in [0, 0.05) is 0 Å². The maximum absolute atomic E-state index is 10.6. The van der Waals surface area contributed by atoms with Crippen LogP contribution in [-0.4, -0.2) is 48.9 Å². The number of carbonyl (C=O) groups excluding carboxylic acids is 1. The van der Waals surface area contributed by atoms with Gasteiger partial charge in [0.05, 0.1) is 0 Å². The number of hydrogen-bond donors (Lipinski definition) is 0. The molecule has 2 aliphatic rings. The van der Waals surface area contributed by atoms with Crippen LogP contribution < -0.4 is 51.4 Å². The minimum atomic E-state index is 0. The van der Waals surface area contributed by atoms with Crippen LogP contribution >= 0.6 is 0 Å². The molecule has 1 spiro atoms. The first-order valence-electron chi connectivity index (χ1n) is 7.99. The summed E-state index contributed by atoms with van der Waals surface area (Å²) in [6.45, 7) is 10.3. The summed E-state index contributed by atoms with van der Waals surface area (Å²) >= 11 is 0. The van der Waals surface area contributed by atoms with Crippen LogP contribution in [0.25, 0.3) is 0 Å². The van der Waals surface area contributed by atoms with Crippen molar-refractivity contribution >= 4 is 6.41 Å². The van der Waals surface area contributed by atoms with Gasteiger partial charge in [-0.3, -0.25) is 0 Å². The van der Waals surface area contributed by atoms with Crippen LogP contribution in [0.1, 0.15) is 52.4 Å². The molecule has 0 saturated carbocycles. The summed E-state index contributed by atoms with van der Waals surface area (Å²) in [4.78, 5) is 15.1. The molecule has 110 valence electrons. The number of rotatable bonds is 5. The molecule has 0 radical (unpaired) electrons. The topological polar surface area (TPSA) is 23.6 Å². The molecule has 3 nitrogen and oxygen atoms in total. The zero-order valence-corrected chi connectivity index (χ0v) is 16.8. The fourth-order valence-electron chi connectivity index (χ4n) is 3.55. The van der Waals surface area contributed by atoms with Crippen molar-refractivity contribution in [1.82, 2.24) is 9.80 Å². The van der Waals surface area contributed by atoms with E-state index in [1.807, 2.05) is 11.3 Å². The van der Waals surface area contributed by atoms with Crippen molar-refractivity contribution in [3.05, 3.63) is 0 Å². The van der Waals surface area contributed by atoms with Gasteiger partial charge in [-0.2, -0.15) is 6.41 Å². The average molecular weight is 305 g/mol. The van der Waals surface area contributed by atoms with E-state index in [1.165, 1.54) is 58.2 Å². The van der Waals surface area contributed by atoms with E-state index in [-0.39, 0.29) is 51.4 Å². The normalized spacial score (nSPS) is 22.9. The third-order valence-corrected chi connectivity index (χ3v) is 5.13. The molecule has 0 aromatic rings. The average Bonchev–Trinajstić information content (AvgIpc) is 2.42. The first-order valence-corrected chi connectivity index (χ1v) is 7.99. The summed E-state index contributed by atoms with van der Waals surface area (Å²) in [5, 5.41) is 0. The largest absolute Gasteiger partial charge is 1.00 e. The van der Waals surface area contributed by atoms with Gasteiger partial charge >= 0.3 is 51.4 Å². The molecular formula is C16H29KN2O. The molecule has 0 aliphatic carbocycles. The van der Waals surface area contributed by atoms with Crippen LogP contribution in [0.15, 0.2) is 0 Å². The monoisotopic (exact) mass is 304 g/mol. The fraction of sp³-hybridized carbons (Fsp3) is 0.938. The number of likely N-dealkylation sites (tertiary alicyclic amines) is 2. The molecule has 2 fully saturated rings. The van der Waals surface area contributed by atoms with Crippen molar-refractivity contribution in [2.24, 2.45) is 11.3 Å². The maximum Gasteiger partial charge on any atom is 1.00 e. The number of nitrogens with zero attached hydrogens (tertiary/aromatic N) is 2. The smallest absolute Gasteiger partial charge is 0.520 e. The van der Waals surface area contributed by atoms with Gasteiger partial charge in [0.2, 0.25) is 0 Å². The van der Waals surface area contributed by atoms with Crippen LogP contribution in [-0.2, 0) is 4.79 Å². The summed E-state index contributed by atoms with van der Waals surface area (Å²) < 4.78 is 0. The van der Waals surface area contributed by atoms with Gasteiger partial charge in [0.25, 0.3) is 0 Å². The summed E-state index contributed by atoms with van der Waals surface area (Å²) in [6, 6.07) is 0. The van der Waals surface area contributed by atoms with Crippen molar-refractivity contribution in [1.29, 1.82) is 0 Å². The molecule has 0 aromatic carbocycles. The SMILES string of the molecule is CC(C)CCCN1CCC2(CCN([C-]=O)CC2)CC1.[K+]. The minimum Gasteiger partial charge on any atom is -0.520 e. The molecule has 2 aliphatic heterocycles. The van der Waals surface area contributed by atoms with E-state index in [0.29, 0.717) is 5.41 Å². The second-order valence-electron chi connectivity index (χ2n) is 6.96. The number of hydrogen-bond acceptors (Lipinski definition) is 2. The minimum absolute atomic E-state index is 0. The van der Waals surface area contributed by atoms with E-state index in [2.05, 4.69) is 18.7 Å². The standard InChI is InChI=1S/C16H29N2O.K/c1-15(2)4-3-9-17-10-5-16(6-11-17)7-12-18(14-19)13-8-16;/h15H,3-13H2,1-2H3;/q-1;+1. The van der Waals surface area contributed by atoms with E-state index in [1.54, 1.807) is 0 Å². The first kappa shape index (κ1) is 19.1. The second-order valence-corrected chi connectivity index (χ2v) is 6.96. The molecule has 2 saturated heterocycles. The van der Waals surface area contributed by atoms with Gasteiger partial charge in [0.15, 0.2) is 0 Å². The molecule has 0 bridgehead atoms. The predicted octanol–water partition coefficient (Wildman–Crippen LogP) is -0.328. The molecule has 4 heteroatoms. The predicted molar refractivity (Wildman–Crippen MR) is 78.7 cm³/mol. The first-order chi connectivity index (χ1) is 9.13. The quantitative estimate of drug-likeness (QED) is 0.513. The van der Waals surface area contributed by atoms with Gasteiger partial charge < -0.3 is 14.6 Å². The van der Waals surface area contributed by atoms with Crippen molar-refractivity contribution in [3.8, 4) is 0 Å². The Balaban J connectivity index is 0.00000200. The Kier molecular flexibility index (Phi) is 8.85. The Morgan fingerprint density at radius 2 is 1.60 bits per heavy atom. The van der Waals surface area contributed by atoms with Crippen molar-refractivity contribution in [2.45, 2.75) is 52.4 Å². The van der Waals surface area contributed by atoms with Crippen LogP contribution in [0.4, 0.5) is 0 Å². The van der Waals surface area contributed by atoms with Gasteiger partial charge in [-0.25, -0.2) is 0 Å². The van der Waals surface area contributed by atoms with E-state index in [9.17, 15) is 4.79 Å². The summed E-state index contributed by atoms with van der Waals surface area (Å²) in [5.41, 5.74) is 0.544. The molecule has 2 rings (SSSR count). The second kappa shape index (κ2) is 9.26. The Labute approximate surface area is 167 Å². The van der Waals surface area contributed by atoms with Gasteiger partial charge in [-0.15, -0.1) is 0 Å². The van der Waals surface area contributed by atoms with Gasteiger partial charge in [-0.1, -0.05) is 13.8 Å². The molecule has 0 atom stereocenters. The van der Waals surface area contributed by atoms with Crippen molar-refractivity contribution < 1.29 is 56.2 Å². The molecule has 2 heterocycles. The Morgan fingerprint density at radius 3 is 2.10 bits per heavy atom. The zero-order chi connectivity index (χ0) is 13.7. The molecule has 0 unspecified atom stereocenters. The van der Waals surface area contributed by atoms with Crippen molar-refractivity contribution in [2.75, 3.05) is 32.7 Å². The van der Waals surface area contributed by atoms with E-state index >= 15 is 0 Å². The number of amides is 1. The molecule has 1 amide bonds. The van der Waals surface area contributed by atoms with Gasteiger partial charge in [-0.05, 0) is 82.6 Å². The van der Waals surface area contributed by atoms with Crippen LogP contribution in [0.2, 0.25) is 0 Å². The Hall–Kier alpha value is 1.07. The number of piperidine rings is 2. The molecule has 0 N–H and O–H groups in total. The third-order valence-electron chi connectivity index (χ3n) is 5.13. The summed E-state index contributed by atoms with van der Waals surface area (Å²) in [6.07, 6.45) is 9.81. The molecule has 20 heavy (non-hydrogen) atoms. The van der Waals surface area contributed by atoms with Crippen LogP contribution in [0.5, 0.6) is 0 Å². The zero-order valence-electron chi connectivity index (χ0n) is 13.7. The molecular weight excluding hydrogens is 275 g/mol. The maximum atomic E-state index is 10.6. The third kappa shape index (κ3) is 5.69.